The summed E-state index contributed by atoms with van der Waals surface area (Å²) in [6.07, 6.45) is 0. The van der Waals surface area contributed by atoms with E-state index < -0.39 is 14.0 Å². The molecule has 0 saturated heterocycles. The van der Waals surface area contributed by atoms with Crippen LogP contribution in [0.5, 0.6) is 0 Å². The van der Waals surface area contributed by atoms with Gasteiger partial charge in [-0.05, 0) is 12.1 Å². The molecule has 1 rings (SSSR count). The maximum absolute atomic E-state index is 10.7. The van der Waals surface area contributed by atoms with Crippen molar-refractivity contribution < 1.29 is 13.3 Å². The topological polar surface area (TPSA) is 77.3 Å². The van der Waals surface area contributed by atoms with Crippen molar-refractivity contribution in [1.82, 2.24) is 0 Å². The van der Waals surface area contributed by atoms with Gasteiger partial charge in [-0.15, -0.1) is 11.8 Å². The first-order valence-corrected chi connectivity index (χ1v) is 8.54. The largest absolute Gasteiger partial charge is 0.282 e. The lowest BCUT2D eigenvalue weighted by molar-refractivity contribution is -0.387. The van der Waals surface area contributed by atoms with Gasteiger partial charge < -0.3 is 0 Å². The molecule has 0 spiro atoms. The summed E-state index contributed by atoms with van der Waals surface area (Å²) in [6.45, 7) is 0. The van der Waals surface area contributed by atoms with Gasteiger partial charge in [0.1, 0.15) is 0 Å². The number of hydrogen-bond acceptors (Lipinski definition) is 5. The van der Waals surface area contributed by atoms with Crippen molar-refractivity contribution >= 4 is 53.1 Å². The van der Waals surface area contributed by atoms with Gasteiger partial charge >= 0.3 is 0 Å². The van der Waals surface area contributed by atoms with Gasteiger partial charge in [0.15, 0.2) is 0 Å². The standard InChI is InChI=1S/C8H7BrClNO4S2/c9-6-1-2-7(11(12)13)8(5-6)16-3-4-17(10,14)15/h1-2,5H,3-4H2. The molecule has 1 aromatic carbocycles. The van der Waals surface area contributed by atoms with E-state index in [0.29, 0.717) is 9.37 Å². The van der Waals surface area contributed by atoms with Gasteiger partial charge in [0, 0.05) is 27.0 Å². The molecule has 0 atom stereocenters. The predicted molar refractivity (Wildman–Crippen MR) is 71.2 cm³/mol. The molecule has 0 aromatic heterocycles. The van der Waals surface area contributed by atoms with E-state index in [9.17, 15) is 18.5 Å². The first-order valence-electron chi connectivity index (χ1n) is 4.28. The minimum Gasteiger partial charge on any atom is -0.258 e. The zero-order valence-corrected chi connectivity index (χ0v) is 12.3. The lowest BCUT2D eigenvalue weighted by atomic mass is 10.3. The minimum atomic E-state index is -3.57. The second-order valence-corrected chi connectivity index (χ2v) is 7.91. The molecular formula is C8H7BrClNO4S2. The highest BCUT2D eigenvalue weighted by Gasteiger charge is 2.15. The molecule has 0 unspecified atom stereocenters. The van der Waals surface area contributed by atoms with E-state index in [1.54, 1.807) is 12.1 Å². The summed E-state index contributed by atoms with van der Waals surface area (Å²) >= 11 is 4.28. The Morgan fingerprint density at radius 3 is 2.65 bits per heavy atom. The van der Waals surface area contributed by atoms with Crippen molar-refractivity contribution in [3.05, 3.63) is 32.8 Å². The average Bonchev–Trinajstić information content (AvgIpc) is 2.15. The third kappa shape index (κ3) is 5.24. The number of rotatable bonds is 5. The first kappa shape index (κ1) is 14.7. The maximum Gasteiger partial charge on any atom is 0.282 e. The molecule has 0 N–H and O–H groups in total. The molecule has 0 fully saturated rings. The summed E-state index contributed by atoms with van der Waals surface area (Å²) in [5.74, 6) is -0.0635. The van der Waals surface area contributed by atoms with Crippen LogP contribution >= 0.6 is 38.4 Å². The third-order valence-corrected chi connectivity index (χ3v) is 4.66. The Bertz CT molecular complexity index is 534. The summed E-state index contributed by atoms with van der Waals surface area (Å²) in [4.78, 5) is 10.6. The second kappa shape index (κ2) is 6.03. The average molecular weight is 361 g/mol. The Kier molecular flexibility index (Phi) is 5.23. The normalized spacial score (nSPS) is 11.4. The fourth-order valence-electron chi connectivity index (χ4n) is 1.01. The number of nitrogens with zero attached hydrogens (tertiary/aromatic N) is 1. The summed E-state index contributed by atoms with van der Waals surface area (Å²) in [5.41, 5.74) is -0.0508. The van der Waals surface area contributed by atoms with Crippen LogP contribution in [0.4, 0.5) is 5.69 Å². The maximum atomic E-state index is 10.7. The van der Waals surface area contributed by atoms with E-state index in [1.807, 2.05) is 0 Å². The second-order valence-electron chi connectivity index (χ2n) is 2.96. The van der Waals surface area contributed by atoms with E-state index in [4.69, 9.17) is 10.7 Å². The van der Waals surface area contributed by atoms with Crippen LogP contribution in [-0.2, 0) is 9.05 Å². The summed E-state index contributed by atoms with van der Waals surface area (Å²) in [5, 5.41) is 10.7. The van der Waals surface area contributed by atoms with Gasteiger partial charge in [0.25, 0.3) is 5.69 Å². The van der Waals surface area contributed by atoms with Crippen molar-refractivity contribution in [2.75, 3.05) is 11.5 Å². The zero-order valence-electron chi connectivity index (χ0n) is 8.30. The van der Waals surface area contributed by atoms with Crippen LogP contribution in [0.25, 0.3) is 0 Å². The minimum absolute atomic E-state index is 0.0508. The molecule has 5 nitrogen and oxygen atoms in total. The molecule has 0 aliphatic carbocycles. The molecule has 0 bridgehead atoms. The first-order chi connectivity index (χ1) is 7.79. The van der Waals surface area contributed by atoms with Crippen LogP contribution in [0.2, 0.25) is 0 Å². The molecule has 0 saturated carbocycles. The number of benzene rings is 1. The van der Waals surface area contributed by atoms with Gasteiger partial charge in [-0.2, -0.15) is 0 Å². The molecule has 0 heterocycles. The van der Waals surface area contributed by atoms with E-state index in [-0.39, 0.29) is 17.2 Å². The third-order valence-electron chi connectivity index (χ3n) is 1.70. The van der Waals surface area contributed by atoms with Crippen molar-refractivity contribution in [1.29, 1.82) is 0 Å². The van der Waals surface area contributed by atoms with Crippen LogP contribution in [0.3, 0.4) is 0 Å². The molecule has 0 aliphatic rings. The Labute approximate surface area is 115 Å². The Hall–Kier alpha value is -0.310. The Morgan fingerprint density at radius 1 is 1.47 bits per heavy atom. The fourth-order valence-corrected chi connectivity index (χ4v) is 3.94. The zero-order chi connectivity index (χ0) is 13.1. The van der Waals surface area contributed by atoms with Crippen LogP contribution in [-0.4, -0.2) is 24.8 Å². The monoisotopic (exact) mass is 359 g/mol. The smallest absolute Gasteiger partial charge is 0.258 e. The Balaban J connectivity index is 2.82. The SMILES string of the molecule is O=[N+]([O-])c1ccc(Br)cc1SCCS(=O)(=O)Cl. The lowest BCUT2D eigenvalue weighted by Crippen LogP contribution is -2.00. The van der Waals surface area contributed by atoms with Crippen molar-refractivity contribution in [3.63, 3.8) is 0 Å². The van der Waals surface area contributed by atoms with Crippen molar-refractivity contribution in [2.45, 2.75) is 4.90 Å². The highest BCUT2D eigenvalue weighted by atomic mass is 79.9. The van der Waals surface area contributed by atoms with Crippen molar-refractivity contribution in [2.24, 2.45) is 0 Å². The van der Waals surface area contributed by atoms with Gasteiger partial charge in [-0.25, -0.2) is 8.42 Å². The summed E-state index contributed by atoms with van der Waals surface area (Å²) < 4.78 is 22.1. The molecule has 17 heavy (non-hydrogen) atoms. The van der Waals surface area contributed by atoms with Crippen LogP contribution < -0.4 is 0 Å². The number of thioether (sulfide) groups is 1. The van der Waals surface area contributed by atoms with E-state index in [1.165, 1.54) is 6.07 Å². The fraction of sp³-hybridized carbons (Fsp3) is 0.250. The molecule has 0 amide bonds. The van der Waals surface area contributed by atoms with Crippen LogP contribution in [0, 0.1) is 10.1 Å². The molecule has 1 aromatic rings. The number of nitro groups is 1. The van der Waals surface area contributed by atoms with Gasteiger partial charge in [-0.1, -0.05) is 15.9 Å². The van der Waals surface area contributed by atoms with Crippen molar-refractivity contribution in [3.8, 4) is 0 Å². The van der Waals surface area contributed by atoms with Gasteiger partial charge in [0.2, 0.25) is 9.05 Å². The molecule has 94 valence electrons. The molecule has 0 radical (unpaired) electrons. The molecule has 9 heteroatoms. The molecule has 0 aliphatic heterocycles. The van der Waals surface area contributed by atoms with E-state index >= 15 is 0 Å². The van der Waals surface area contributed by atoms with E-state index in [0.717, 1.165) is 11.8 Å². The van der Waals surface area contributed by atoms with Gasteiger partial charge in [0.05, 0.1) is 15.6 Å². The Morgan fingerprint density at radius 2 is 2.12 bits per heavy atom. The number of nitro benzene ring substituents is 1. The highest BCUT2D eigenvalue weighted by Crippen LogP contribution is 2.31. The molecular weight excluding hydrogens is 354 g/mol. The summed E-state index contributed by atoms with van der Waals surface area (Å²) in [7, 11) is 1.48. The van der Waals surface area contributed by atoms with Crippen LogP contribution in [0.15, 0.2) is 27.6 Å². The predicted octanol–water partition coefficient (Wildman–Crippen LogP) is 3.02. The van der Waals surface area contributed by atoms with Crippen LogP contribution in [0.1, 0.15) is 0 Å². The number of hydrogen-bond donors (Lipinski definition) is 0. The van der Waals surface area contributed by atoms with Gasteiger partial charge in [-0.3, -0.25) is 10.1 Å². The number of halogens is 2. The van der Waals surface area contributed by atoms with E-state index in [2.05, 4.69) is 15.9 Å². The lowest BCUT2D eigenvalue weighted by Gasteiger charge is -2.02. The highest BCUT2D eigenvalue weighted by molar-refractivity contribution is 9.10. The summed E-state index contributed by atoms with van der Waals surface area (Å²) in [6, 6.07) is 4.49. The quantitative estimate of drug-likeness (QED) is 0.349.